The SMILES string of the molecule is CCCOc1ccc(C2=C(N3CCCC(CO)C3)C(=O)N(CCOC)C2=O)cc1. The number of imide groups is 1. The van der Waals surface area contributed by atoms with Gasteiger partial charge in [0, 0.05) is 26.8 Å². The monoisotopic (exact) mass is 402 g/mol. The zero-order chi connectivity index (χ0) is 20.8. The first kappa shape index (κ1) is 21.3. The summed E-state index contributed by atoms with van der Waals surface area (Å²) in [6.45, 7) is 4.54. The number of ether oxygens (including phenoxy) is 2. The Morgan fingerprint density at radius 3 is 2.55 bits per heavy atom. The summed E-state index contributed by atoms with van der Waals surface area (Å²) in [5.74, 6) is 0.268. The van der Waals surface area contributed by atoms with Crippen molar-refractivity contribution in [3.63, 3.8) is 0 Å². The Balaban J connectivity index is 1.95. The van der Waals surface area contributed by atoms with Crippen LogP contribution in [0, 0.1) is 5.92 Å². The Morgan fingerprint density at radius 2 is 1.90 bits per heavy atom. The minimum absolute atomic E-state index is 0.0815. The topological polar surface area (TPSA) is 79.3 Å². The normalized spacial score (nSPS) is 20.0. The van der Waals surface area contributed by atoms with Gasteiger partial charge in [0.05, 0.1) is 25.3 Å². The molecular weight excluding hydrogens is 372 g/mol. The average molecular weight is 402 g/mol. The highest BCUT2D eigenvalue weighted by atomic mass is 16.5. The minimum Gasteiger partial charge on any atom is -0.494 e. The van der Waals surface area contributed by atoms with E-state index < -0.39 is 0 Å². The summed E-state index contributed by atoms with van der Waals surface area (Å²) in [5, 5.41) is 9.59. The lowest BCUT2D eigenvalue weighted by molar-refractivity contribution is -0.138. The van der Waals surface area contributed by atoms with Crippen molar-refractivity contribution in [2.24, 2.45) is 5.92 Å². The van der Waals surface area contributed by atoms with Crippen LogP contribution in [-0.2, 0) is 14.3 Å². The molecule has 0 aromatic heterocycles. The van der Waals surface area contributed by atoms with E-state index in [1.54, 1.807) is 7.11 Å². The first-order valence-corrected chi connectivity index (χ1v) is 10.3. The standard InChI is InChI=1S/C22H30N2O5/c1-3-12-29-18-8-6-17(7-9-18)19-20(23-10-4-5-16(14-23)15-25)22(27)24(21(19)26)11-13-28-2/h6-9,16,25H,3-5,10-15H2,1-2H3. The van der Waals surface area contributed by atoms with Crippen molar-refractivity contribution in [3.8, 4) is 5.75 Å². The van der Waals surface area contributed by atoms with Crippen LogP contribution in [0.5, 0.6) is 5.75 Å². The Morgan fingerprint density at radius 1 is 1.14 bits per heavy atom. The van der Waals surface area contributed by atoms with Gasteiger partial charge in [0.1, 0.15) is 11.4 Å². The third kappa shape index (κ3) is 4.62. The number of likely N-dealkylation sites (tertiary alicyclic amines) is 1. The summed E-state index contributed by atoms with van der Waals surface area (Å²) in [6, 6.07) is 7.33. The smallest absolute Gasteiger partial charge is 0.277 e. The second-order valence-corrected chi connectivity index (χ2v) is 7.49. The van der Waals surface area contributed by atoms with E-state index in [1.807, 2.05) is 36.1 Å². The molecule has 0 saturated carbocycles. The van der Waals surface area contributed by atoms with E-state index in [0.717, 1.165) is 25.0 Å². The maximum Gasteiger partial charge on any atom is 0.277 e. The summed E-state index contributed by atoms with van der Waals surface area (Å²) in [6.07, 6.45) is 2.72. The molecule has 158 valence electrons. The third-order valence-corrected chi connectivity index (χ3v) is 5.37. The van der Waals surface area contributed by atoms with Crippen LogP contribution < -0.4 is 4.74 Å². The highest BCUT2D eigenvalue weighted by Crippen LogP contribution is 2.34. The largest absolute Gasteiger partial charge is 0.494 e. The van der Waals surface area contributed by atoms with Gasteiger partial charge in [-0.15, -0.1) is 0 Å². The Kier molecular flexibility index (Phi) is 7.28. The van der Waals surface area contributed by atoms with Gasteiger partial charge in [-0.05, 0) is 42.9 Å². The number of aliphatic hydroxyl groups excluding tert-OH is 1. The zero-order valence-electron chi connectivity index (χ0n) is 17.2. The van der Waals surface area contributed by atoms with Crippen LogP contribution in [0.1, 0.15) is 31.7 Å². The van der Waals surface area contributed by atoms with Crippen LogP contribution in [0.4, 0.5) is 0 Å². The molecule has 2 amide bonds. The van der Waals surface area contributed by atoms with E-state index in [2.05, 4.69) is 0 Å². The van der Waals surface area contributed by atoms with Gasteiger partial charge in [0.2, 0.25) is 0 Å². The van der Waals surface area contributed by atoms with Gasteiger partial charge in [-0.1, -0.05) is 19.1 Å². The minimum atomic E-state index is -0.296. The molecule has 1 saturated heterocycles. The molecule has 7 heteroatoms. The van der Waals surface area contributed by atoms with Crippen LogP contribution >= 0.6 is 0 Å². The van der Waals surface area contributed by atoms with Crippen LogP contribution in [0.2, 0.25) is 0 Å². The number of hydrogen-bond acceptors (Lipinski definition) is 6. The fourth-order valence-electron chi connectivity index (χ4n) is 3.86. The number of carbonyl (C=O) groups is 2. The summed E-state index contributed by atoms with van der Waals surface area (Å²) in [7, 11) is 1.55. The van der Waals surface area contributed by atoms with Gasteiger partial charge in [-0.25, -0.2) is 0 Å². The molecular formula is C22H30N2O5. The summed E-state index contributed by atoms with van der Waals surface area (Å²) in [4.78, 5) is 29.6. The lowest BCUT2D eigenvalue weighted by atomic mass is 9.97. The number of methoxy groups -OCH3 is 1. The lowest BCUT2D eigenvalue weighted by Gasteiger charge is -2.34. The predicted octanol–water partition coefficient (Wildman–Crippen LogP) is 1.91. The van der Waals surface area contributed by atoms with Crippen LogP contribution in [0.25, 0.3) is 5.57 Å². The number of carbonyl (C=O) groups excluding carboxylic acids is 2. The zero-order valence-corrected chi connectivity index (χ0v) is 17.2. The number of benzene rings is 1. The molecule has 1 N–H and O–H groups in total. The highest BCUT2D eigenvalue weighted by Gasteiger charge is 2.42. The van der Waals surface area contributed by atoms with E-state index in [9.17, 15) is 14.7 Å². The van der Waals surface area contributed by atoms with Crippen LogP contribution in [-0.4, -0.2) is 73.3 Å². The van der Waals surface area contributed by atoms with E-state index in [-0.39, 0.29) is 30.9 Å². The van der Waals surface area contributed by atoms with E-state index in [0.29, 0.717) is 43.1 Å². The lowest BCUT2D eigenvalue weighted by Crippen LogP contribution is -2.41. The maximum absolute atomic E-state index is 13.2. The molecule has 7 nitrogen and oxygen atoms in total. The highest BCUT2D eigenvalue weighted by molar-refractivity contribution is 6.35. The van der Waals surface area contributed by atoms with Crippen LogP contribution in [0.15, 0.2) is 30.0 Å². The number of aliphatic hydroxyl groups is 1. The summed E-state index contributed by atoms with van der Waals surface area (Å²) >= 11 is 0. The van der Waals surface area contributed by atoms with Gasteiger partial charge >= 0.3 is 0 Å². The fourth-order valence-corrected chi connectivity index (χ4v) is 3.86. The van der Waals surface area contributed by atoms with E-state index in [4.69, 9.17) is 9.47 Å². The Hall–Kier alpha value is -2.38. The second kappa shape index (κ2) is 9.89. The predicted molar refractivity (Wildman–Crippen MR) is 109 cm³/mol. The molecule has 1 fully saturated rings. The molecule has 0 aliphatic carbocycles. The number of amides is 2. The van der Waals surface area contributed by atoms with Crippen molar-refractivity contribution in [2.75, 3.05) is 46.6 Å². The number of nitrogens with zero attached hydrogens (tertiary/aromatic N) is 2. The molecule has 3 rings (SSSR count). The van der Waals surface area contributed by atoms with Crippen LogP contribution in [0.3, 0.4) is 0 Å². The number of hydrogen-bond donors (Lipinski definition) is 1. The summed E-state index contributed by atoms with van der Waals surface area (Å²) < 4.78 is 10.7. The van der Waals surface area contributed by atoms with E-state index in [1.165, 1.54) is 4.90 Å². The molecule has 0 bridgehead atoms. The first-order valence-electron chi connectivity index (χ1n) is 10.3. The molecule has 2 aliphatic heterocycles. The molecule has 1 aromatic rings. The van der Waals surface area contributed by atoms with Crippen molar-refractivity contribution >= 4 is 17.4 Å². The Labute approximate surface area is 171 Å². The fraction of sp³-hybridized carbons (Fsp3) is 0.545. The van der Waals surface area contributed by atoms with Crippen molar-refractivity contribution in [1.29, 1.82) is 0 Å². The second-order valence-electron chi connectivity index (χ2n) is 7.49. The van der Waals surface area contributed by atoms with Gasteiger partial charge in [-0.2, -0.15) is 0 Å². The molecule has 0 spiro atoms. The van der Waals surface area contributed by atoms with Crippen molar-refractivity contribution in [2.45, 2.75) is 26.2 Å². The van der Waals surface area contributed by atoms with Gasteiger partial charge in [-0.3, -0.25) is 14.5 Å². The van der Waals surface area contributed by atoms with Gasteiger partial charge < -0.3 is 19.5 Å². The van der Waals surface area contributed by atoms with Crippen molar-refractivity contribution in [3.05, 3.63) is 35.5 Å². The molecule has 0 radical (unpaired) electrons. The molecule has 1 aromatic carbocycles. The van der Waals surface area contributed by atoms with Gasteiger partial charge in [0.25, 0.3) is 11.8 Å². The molecule has 29 heavy (non-hydrogen) atoms. The molecule has 1 atom stereocenters. The molecule has 1 unspecified atom stereocenters. The average Bonchev–Trinajstić information content (AvgIpc) is 3.00. The Bertz CT molecular complexity index is 759. The quantitative estimate of drug-likeness (QED) is 0.636. The third-order valence-electron chi connectivity index (χ3n) is 5.37. The van der Waals surface area contributed by atoms with Crippen molar-refractivity contribution < 1.29 is 24.2 Å². The number of piperidine rings is 1. The number of rotatable bonds is 9. The van der Waals surface area contributed by atoms with Gasteiger partial charge in [0.15, 0.2) is 0 Å². The molecule has 2 heterocycles. The van der Waals surface area contributed by atoms with Crippen molar-refractivity contribution in [1.82, 2.24) is 9.80 Å². The van der Waals surface area contributed by atoms with E-state index >= 15 is 0 Å². The summed E-state index contributed by atoms with van der Waals surface area (Å²) in [5.41, 5.74) is 1.56. The maximum atomic E-state index is 13.2. The molecule has 2 aliphatic rings. The first-order chi connectivity index (χ1) is 14.1.